The van der Waals surface area contributed by atoms with E-state index >= 15 is 0 Å². The van der Waals surface area contributed by atoms with Crippen LogP contribution in [0.1, 0.15) is 54.4 Å². The molecule has 0 aliphatic carbocycles. The first-order chi connectivity index (χ1) is 9.82. The van der Waals surface area contributed by atoms with Gasteiger partial charge in [-0.2, -0.15) is 0 Å². The van der Waals surface area contributed by atoms with Crippen LogP contribution < -0.4 is 0 Å². The molecule has 1 saturated heterocycles. The molecule has 22 heavy (non-hydrogen) atoms. The van der Waals surface area contributed by atoms with Crippen LogP contribution >= 0.6 is 0 Å². The molecular formula is C15H25NO6. The van der Waals surface area contributed by atoms with Crippen molar-refractivity contribution in [2.75, 3.05) is 0 Å². The van der Waals surface area contributed by atoms with Gasteiger partial charge in [-0.25, -0.2) is 14.5 Å². The molecule has 7 nitrogen and oxygen atoms in total. The standard InChI is InChI=1S/C15H25NO6/c1-14(2,3)21-12(19)9-7-8-10(17)11(18)16(9)13(20)22-15(4,5)6/h9-10,17H,7-8H2,1-6H3. The van der Waals surface area contributed by atoms with Crippen molar-refractivity contribution in [3.63, 3.8) is 0 Å². The quantitative estimate of drug-likeness (QED) is 0.739. The molecule has 2 unspecified atom stereocenters. The van der Waals surface area contributed by atoms with E-state index in [-0.39, 0.29) is 12.8 Å². The summed E-state index contributed by atoms with van der Waals surface area (Å²) in [7, 11) is 0. The van der Waals surface area contributed by atoms with Gasteiger partial charge < -0.3 is 14.6 Å². The predicted octanol–water partition coefficient (Wildman–Crippen LogP) is 1.62. The summed E-state index contributed by atoms with van der Waals surface area (Å²) in [5.41, 5.74) is -1.56. The van der Waals surface area contributed by atoms with Crippen LogP contribution in [-0.2, 0) is 19.1 Å². The first-order valence-electron chi connectivity index (χ1n) is 7.29. The first-order valence-corrected chi connectivity index (χ1v) is 7.29. The van der Waals surface area contributed by atoms with Gasteiger partial charge >= 0.3 is 12.1 Å². The van der Waals surface area contributed by atoms with Crippen molar-refractivity contribution in [1.29, 1.82) is 0 Å². The van der Waals surface area contributed by atoms with E-state index < -0.39 is 41.3 Å². The second-order valence-corrected chi connectivity index (χ2v) is 7.33. The summed E-state index contributed by atoms with van der Waals surface area (Å²) in [6.07, 6.45) is -2.03. The number of likely N-dealkylation sites (tertiary alicyclic amines) is 1. The van der Waals surface area contributed by atoms with E-state index in [1.165, 1.54) is 0 Å². The largest absolute Gasteiger partial charge is 0.458 e. The Hall–Kier alpha value is -1.63. The molecule has 2 atom stereocenters. The van der Waals surface area contributed by atoms with Gasteiger partial charge in [0.25, 0.3) is 5.91 Å². The molecular weight excluding hydrogens is 290 g/mol. The number of nitrogens with zero attached hydrogens (tertiary/aromatic N) is 1. The molecule has 0 aromatic heterocycles. The molecule has 1 fully saturated rings. The second kappa shape index (κ2) is 6.24. The lowest BCUT2D eigenvalue weighted by Gasteiger charge is -2.36. The summed E-state index contributed by atoms with van der Waals surface area (Å²) < 4.78 is 10.4. The summed E-state index contributed by atoms with van der Waals surface area (Å²) in [6.45, 7) is 10.0. The number of esters is 1. The maximum atomic E-state index is 12.2. The number of hydrogen-bond acceptors (Lipinski definition) is 6. The Balaban J connectivity index is 3.00. The minimum absolute atomic E-state index is 0.0992. The van der Waals surface area contributed by atoms with E-state index in [1.807, 2.05) is 0 Å². The molecule has 7 heteroatoms. The molecule has 1 N–H and O–H groups in total. The Morgan fingerprint density at radius 3 is 2.00 bits per heavy atom. The third-order valence-electron chi connectivity index (χ3n) is 2.82. The molecule has 2 amide bonds. The number of aliphatic hydroxyl groups excluding tert-OH is 1. The fraction of sp³-hybridized carbons (Fsp3) is 0.800. The number of rotatable bonds is 1. The highest BCUT2D eigenvalue weighted by atomic mass is 16.6. The topological polar surface area (TPSA) is 93.1 Å². The Kier molecular flexibility index (Phi) is 5.22. The van der Waals surface area contributed by atoms with Gasteiger partial charge in [0, 0.05) is 0 Å². The summed E-state index contributed by atoms with van der Waals surface area (Å²) in [4.78, 5) is 37.2. The monoisotopic (exact) mass is 315 g/mol. The molecule has 0 aromatic rings. The predicted molar refractivity (Wildman–Crippen MR) is 78.0 cm³/mol. The molecule has 1 aliphatic rings. The number of piperidine rings is 1. The zero-order chi connectivity index (χ0) is 17.3. The number of aliphatic hydroxyl groups is 1. The lowest BCUT2D eigenvalue weighted by molar-refractivity contribution is -0.169. The van der Waals surface area contributed by atoms with Gasteiger partial charge in [0.2, 0.25) is 0 Å². The van der Waals surface area contributed by atoms with Crippen LogP contribution in [0.4, 0.5) is 4.79 Å². The van der Waals surface area contributed by atoms with Crippen molar-refractivity contribution >= 4 is 18.0 Å². The van der Waals surface area contributed by atoms with Gasteiger partial charge in [-0.15, -0.1) is 0 Å². The molecule has 0 aromatic carbocycles. The van der Waals surface area contributed by atoms with Crippen LogP contribution in [-0.4, -0.2) is 51.3 Å². The summed E-state index contributed by atoms with van der Waals surface area (Å²) in [5, 5.41) is 9.68. The van der Waals surface area contributed by atoms with E-state index in [1.54, 1.807) is 41.5 Å². The van der Waals surface area contributed by atoms with Crippen molar-refractivity contribution in [2.24, 2.45) is 0 Å². The minimum atomic E-state index is -1.31. The second-order valence-electron chi connectivity index (χ2n) is 7.33. The average Bonchev–Trinajstić information content (AvgIpc) is 2.27. The highest BCUT2D eigenvalue weighted by Crippen LogP contribution is 2.24. The maximum Gasteiger partial charge on any atom is 0.417 e. The van der Waals surface area contributed by atoms with E-state index in [2.05, 4.69) is 0 Å². The zero-order valence-electron chi connectivity index (χ0n) is 14.0. The van der Waals surface area contributed by atoms with Crippen molar-refractivity contribution in [3.05, 3.63) is 0 Å². The molecule has 0 bridgehead atoms. The molecule has 1 rings (SSSR count). The zero-order valence-corrected chi connectivity index (χ0v) is 14.0. The van der Waals surface area contributed by atoms with E-state index in [4.69, 9.17) is 9.47 Å². The number of ether oxygens (including phenoxy) is 2. The van der Waals surface area contributed by atoms with Gasteiger partial charge in [0.1, 0.15) is 23.3 Å². The van der Waals surface area contributed by atoms with Crippen molar-refractivity contribution in [1.82, 2.24) is 4.90 Å². The van der Waals surface area contributed by atoms with Crippen LogP contribution in [0.2, 0.25) is 0 Å². The number of carbonyl (C=O) groups excluding carboxylic acids is 3. The molecule has 0 spiro atoms. The summed E-state index contributed by atoms with van der Waals surface area (Å²) >= 11 is 0. The van der Waals surface area contributed by atoms with Crippen molar-refractivity contribution in [3.8, 4) is 0 Å². The lowest BCUT2D eigenvalue weighted by Crippen LogP contribution is -2.57. The molecule has 0 saturated carbocycles. The smallest absolute Gasteiger partial charge is 0.417 e. The Labute approximate surface area is 130 Å². The van der Waals surface area contributed by atoms with Gasteiger partial charge in [-0.1, -0.05) is 0 Å². The van der Waals surface area contributed by atoms with Crippen molar-refractivity contribution in [2.45, 2.75) is 77.7 Å². The molecule has 126 valence electrons. The van der Waals surface area contributed by atoms with E-state index in [0.29, 0.717) is 4.90 Å². The Morgan fingerprint density at radius 1 is 1.05 bits per heavy atom. The number of hydrogen-bond donors (Lipinski definition) is 1. The Morgan fingerprint density at radius 2 is 1.55 bits per heavy atom. The molecule has 1 aliphatic heterocycles. The molecule has 1 heterocycles. The lowest BCUT2D eigenvalue weighted by atomic mass is 9.99. The van der Waals surface area contributed by atoms with Gasteiger partial charge in [-0.05, 0) is 54.4 Å². The Bertz CT molecular complexity index is 460. The van der Waals surface area contributed by atoms with E-state index in [9.17, 15) is 19.5 Å². The normalized spacial score (nSPS) is 23.2. The third kappa shape index (κ3) is 4.98. The van der Waals surface area contributed by atoms with Crippen LogP contribution in [0, 0.1) is 0 Å². The van der Waals surface area contributed by atoms with Crippen LogP contribution in [0.25, 0.3) is 0 Å². The van der Waals surface area contributed by atoms with E-state index in [0.717, 1.165) is 0 Å². The number of imide groups is 1. The highest BCUT2D eigenvalue weighted by molar-refractivity contribution is 5.99. The van der Waals surface area contributed by atoms with Gasteiger partial charge in [0.05, 0.1) is 0 Å². The first kappa shape index (κ1) is 18.4. The number of carbonyl (C=O) groups is 3. The maximum absolute atomic E-state index is 12.2. The fourth-order valence-corrected chi connectivity index (χ4v) is 2.00. The van der Waals surface area contributed by atoms with Crippen LogP contribution in [0.5, 0.6) is 0 Å². The molecule has 0 radical (unpaired) electrons. The number of amides is 2. The van der Waals surface area contributed by atoms with Crippen LogP contribution in [0.3, 0.4) is 0 Å². The third-order valence-corrected chi connectivity index (χ3v) is 2.82. The van der Waals surface area contributed by atoms with Crippen LogP contribution in [0.15, 0.2) is 0 Å². The minimum Gasteiger partial charge on any atom is -0.458 e. The summed E-state index contributed by atoms with van der Waals surface area (Å²) in [5.74, 6) is -1.52. The van der Waals surface area contributed by atoms with Gasteiger partial charge in [0.15, 0.2) is 0 Å². The summed E-state index contributed by atoms with van der Waals surface area (Å²) in [6, 6.07) is -1.08. The highest BCUT2D eigenvalue weighted by Gasteiger charge is 2.45. The average molecular weight is 315 g/mol. The van der Waals surface area contributed by atoms with Crippen molar-refractivity contribution < 1.29 is 29.0 Å². The fourth-order valence-electron chi connectivity index (χ4n) is 2.00. The SMILES string of the molecule is CC(C)(C)OC(=O)C1CCC(O)C(=O)N1C(=O)OC(C)(C)C. The van der Waals surface area contributed by atoms with Gasteiger partial charge in [-0.3, -0.25) is 4.79 Å².